The Morgan fingerprint density at radius 1 is 1.32 bits per heavy atom. The molecule has 5 rings (SSSR count). The molecule has 0 amide bonds. The first-order valence-electron chi connectivity index (χ1n) is 11.2. The van der Waals surface area contributed by atoms with Crippen LogP contribution in [-0.4, -0.2) is 70.0 Å². The number of alkyl halides is 1. The topological polar surface area (TPSA) is 228 Å². The highest BCUT2D eigenvalue weighted by Crippen LogP contribution is 2.59. The van der Waals surface area contributed by atoms with Gasteiger partial charge in [-0.15, -0.1) is 0 Å². The zero-order valence-corrected chi connectivity index (χ0v) is 24.5. The summed E-state index contributed by atoms with van der Waals surface area (Å²) in [5, 5.41) is 9.97. The maximum absolute atomic E-state index is 15.6. The van der Waals surface area contributed by atoms with Gasteiger partial charge >= 0.3 is 0 Å². The fraction of sp³-hybridized carbons (Fsp3) is 0.389. The van der Waals surface area contributed by atoms with E-state index in [1.165, 1.54) is 17.1 Å². The van der Waals surface area contributed by atoms with Crippen LogP contribution in [0.1, 0.15) is 11.6 Å². The molecule has 3 unspecified atom stereocenters. The van der Waals surface area contributed by atoms with Gasteiger partial charge in [0.2, 0.25) is 13.2 Å². The first kappa shape index (κ1) is 29.3. The molecule has 0 aliphatic carbocycles. The van der Waals surface area contributed by atoms with E-state index in [2.05, 4.69) is 62.0 Å². The molecule has 0 radical (unpaired) electrons. The fourth-order valence-electron chi connectivity index (χ4n) is 4.21. The summed E-state index contributed by atoms with van der Waals surface area (Å²) in [6.45, 7) is -4.85. The minimum Gasteiger partial charge on any atom is -0.383 e. The van der Waals surface area contributed by atoms with Crippen LogP contribution in [0.25, 0.3) is 22.2 Å². The number of ether oxygens (including phenoxy) is 1. The van der Waals surface area contributed by atoms with Crippen molar-refractivity contribution in [2.24, 2.45) is 0 Å². The molecule has 216 valence electrons. The van der Waals surface area contributed by atoms with Crippen molar-refractivity contribution >= 4 is 84.9 Å². The number of aromatic nitrogens is 7. The molecule has 1 saturated heterocycles. The molecule has 22 heteroatoms. The number of imidazole rings is 1. The average molecular weight is 654 g/mol. The number of aliphatic hydroxyl groups is 1. The molecular weight excluding hydrogens is 631 g/mol. The molecule has 0 aromatic carbocycles. The molecule has 4 aromatic heterocycles. The van der Waals surface area contributed by atoms with Crippen molar-refractivity contribution in [1.82, 2.24) is 34.1 Å². The van der Waals surface area contributed by atoms with Gasteiger partial charge in [-0.05, 0) is 6.07 Å². The van der Waals surface area contributed by atoms with Crippen LogP contribution in [0.2, 0.25) is 0 Å². The summed E-state index contributed by atoms with van der Waals surface area (Å²) in [6, 6.07) is 1.57. The number of hydrogen-bond acceptors (Lipinski definition) is 14. The molecule has 1 aliphatic rings. The zero-order chi connectivity index (χ0) is 28.9. The lowest BCUT2D eigenvalue weighted by Gasteiger charge is -2.26. The molecule has 4 aromatic rings. The van der Waals surface area contributed by atoms with Crippen molar-refractivity contribution < 1.29 is 32.4 Å². The Labute approximate surface area is 240 Å². The Bertz CT molecular complexity index is 1710. The summed E-state index contributed by atoms with van der Waals surface area (Å²) >= 11 is 12.0. The molecule has 6 N–H and O–H groups in total. The summed E-state index contributed by atoms with van der Waals surface area (Å²) in [5.41, 5.74) is 11.0. The van der Waals surface area contributed by atoms with E-state index in [0.29, 0.717) is 5.39 Å². The summed E-state index contributed by atoms with van der Waals surface area (Å²) in [6.07, 6.45) is -2.11. The number of aliphatic hydroxyl groups excluding tert-OH is 1. The molecule has 16 nitrogen and oxygen atoms in total. The smallest absolute Gasteiger partial charge is 0.285 e. The Kier molecular flexibility index (Phi) is 8.26. The number of halogens is 1. The highest BCUT2D eigenvalue weighted by molar-refractivity contribution is 8.46. The highest BCUT2D eigenvalue weighted by atomic mass is 32.7. The van der Waals surface area contributed by atoms with Crippen LogP contribution in [0.3, 0.4) is 0 Å². The lowest BCUT2D eigenvalue weighted by Crippen LogP contribution is -2.33. The number of rotatable bonds is 9. The summed E-state index contributed by atoms with van der Waals surface area (Å²) < 4.78 is 59.6. The third-order valence-corrected chi connectivity index (χ3v) is 10.2. The lowest BCUT2D eigenvalue weighted by atomic mass is 10.1. The van der Waals surface area contributed by atoms with E-state index in [1.54, 1.807) is 6.07 Å². The Morgan fingerprint density at radius 3 is 2.80 bits per heavy atom. The number of anilines is 2. The van der Waals surface area contributed by atoms with Gasteiger partial charge < -0.3 is 34.9 Å². The van der Waals surface area contributed by atoms with Gasteiger partial charge in [0.1, 0.15) is 35.4 Å². The van der Waals surface area contributed by atoms with E-state index in [-0.39, 0.29) is 28.6 Å². The number of nitrogens with two attached hydrogens (primary N) is 2. The number of H-pyrrole nitrogens is 1. The minimum absolute atomic E-state index is 0.0355. The van der Waals surface area contributed by atoms with Crippen molar-refractivity contribution in [3.05, 3.63) is 35.3 Å². The van der Waals surface area contributed by atoms with Gasteiger partial charge in [-0.1, -0.05) is 24.5 Å². The molecule has 5 heterocycles. The van der Waals surface area contributed by atoms with Crippen molar-refractivity contribution in [2.75, 3.05) is 18.1 Å². The third kappa shape index (κ3) is 5.39. The molecule has 8 atom stereocenters. The number of aromatic amines is 1. The minimum atomic E-state index is -4.25. The monoisotopic (exact) mass is 653 g/mol. The van der Waals surface area contributed by atoms with Crippen LogP contribution in [0.15, 0.2) is 29.7 Å². The van der Waals surface area contributed by atoms with Crippen LogP contribution in [0.4, 0.5) is 16.2 Å². The second-order valence-electron chi connectivity index (χ2n) is 8.54. The standard InChI is InChI=1S/C18H22FN9O7P2S3/c19-8-10(35-36(31)39)7(34-15(8)27-2-1-6-11(20)22-4-23-12(6)27)3-33-37(32,40)17(30)16(38)28-5-24-9-13(28)25-18(21)26-14(9)29/h1-2,4-5,7-8,10,15-17,30,36,38H,3H2,(H,31,39)(H,32,40)(H2,20,22,23)(H3,21,25,26,29)/t7-,8+,10?,15-,16-,17+,37?/m1/s1. The number of nitrogens with one attached hydrogen (secondary N) is 1. The van der Waals surface area contributed by atoms with E-state index < -0.39 is 61.8 Å². The predicted molar refractivity (Wildman–Crippen MR) is 153 cm³/mol. The van der Waals surface area contributed by atoms with Crippen LogP contribution < -0.4 is 17.0 Å². The number of fused-ring (bicyclic) bond motifs is 2. The predicted octanol–water partition coefficient (Wildman–Crippen LogP) is 1.56. The summed E-state index contributed by atoms with van der Waals surface area (Å²) in [4.78, 5) is 30.2. The van der Waals surface area contributed by atoms with Crippen molar-refractivity contribution in [3.63, 3.8) is 0 Å². The van der Waals surface area contributed by atoms with E-state index in [4.69, 9.17) is 25.3 Å². The van der Waals surface area contributed by atoms with E-state index >= 15 is 4.39 Å². The van der Waals surface area contributed by atoms with Crippen molar-refractivity contribution in [1.29, 1.82) is 0 Å². The molecule has 0 spiro atoms. The molecule has 1 fully saturated rings. The Morgan fingerprint density at radius 2 is 2.08 bits per heavy atom. The van der Waals surface area contributed by atoms with E-state index in [1.807, 2.05) is 0 Å². The highest BCUT2D eigenvalue weighted by Gasteiger charge is 2.49. The van der Waals surface area contributed by atoms with Crippen molar-refractivity contribution in [2.45, 2.75) is 35.8 Å². The summed E-state index contributed by atoms with van der Waals surface area (Å²) in [7, 11) is -2.95. The lowest BCUT2D eigenvalue weighted by molar-refractivity contribution is -0.0380. The fourth-order valence-corrected chi connectivity index (χ4v) is 7.67. The van der Waals surface area contributed by atoms with E-state index in [9.17, 15) is 19.0 Å². The van der Waals surface area contributed by atoms with Gasteiger partial charge in [-0.2, -0.15) is 17.6 Å². The first-order chi connectivity index (χ1) is 18.9. The molecule has 0 saturated carbocycles. The molecule has 40 heavy (non-hydrogen) atoms. The van der Waals surface area contributed by atoms with Gasteiger partial charge in [-0.25, -0.2) is 19.3 Å². The van der Waals surface area contributed by atoms with E-state index in [0.717, 1.165) is 10.9 Å². The molecule has 0 bridgehead atoms. The zero-order valence-electron chi connectivity index (χ0n) is 19.9. The number of thiol groups is 3. The summed E-state index contributed by atoms with van der Waals surface area (Å²) in [5.74, 6) is -1.93. The molecule has 1 aliphatic heterocycles. The maximum Gasteiger partial charge on any atom is 0.285 e. The SMILES string of the molecule is Nc1nc2c(ncn2[C@H](S)[C@@H](O)P(=O)(S)OC[C@H]2O[C@@H](n3ccc4c(N)ncnc43)[C@@H](F)C2O[PH](=O)S)c(=O)[nH]1. The van der Waals surface area contributed by atoms with Crippen molar-refractivity contribution in [3.8, 4) is 0 Å². The number of nitrogens with zero attached hydrogens (tertiary/aromatic N) is 6. The first-order valence-corrected chi connectivity index (χ1v) is 17.2. The van der Waals surface area contributed by atoms with Crippen LogP contribution in [0, 0.1) is 0 Å². The number of hydrogen-bond donors (Lipinski definition) is 7. The largest absolute Gasteiger partial charge is 0.383 e. The van der Waals surface area contributed by atoms with Gasteiger partial charge in [0.25, 0.3) is 12.1 Å². The second-order valence-corrected chi connectivity index (χ2v) is 14.5. The Balaban J connectivity index is 1.36. The van der Waals surface area contributed by atoms with Gasteiger partial charge in [0, 0.05) is 6.20 Å². The quantitative estimate of drug-likeness (QED) is 0.101. The van der Waals surface area contributed by atoms with Crippen LogP contribution in [-0.2, 0) is 22.9 Å². The normalized spacial score (nSPS) is 25.2. The third-order valence-electron chi connectivity index (χ3n) is 6.08. The average Bonchev–Trinajstić information content (AvgIpc) is 3.59. The van der Waals surface area contributed by atoms with Gasteiger partial charge in [0.05, 0.1) is 18.3 Å². The number of nitrogen functional groups attached to an aromatic ring is 2. The molecular formula is C18H22FN9O7P2S3. The maximum atomic E-state index is 15.6. The van der Waals surface area contributed by atoms with Gasteiger partial charge in [-0.3, -0.25) is 23.5 Å². The van der Waals surface area contributed by atoms with Crippen LogP contribution in [0.5, 0.6) is 0 Å². The second kappa shape index (κ2) is 11.3. The Hall–Kier alpha value is -2.15. The van der Waals surface area contributed by atoms with Crippen LogP contribution >= 0.6 is 50.9 Å². The van der Waals surface area contributed by atoms with Gasteiger partial charge in [0.15, 0.2) is 29.4 Å².